The highest BCUT2D eigenvalue weighted by atomic mass is 16.4. The topological polar surface area (TPSA) is 53.4 Å². The van der Waals surface area contributed by atoms with E-state index in [4.69, 9.17) is 5.11 Å². The zero-order chi connectivity index (χ0) is 13.8. The number of carboxylic acid groups (broad SMARTS) is 1. The van der Waals surface area contributed by atoms with Gasteiger partial charge in [-0.3, -0.25) is 0 Å². The number of rotatable bonds is 4. The second kappa shape index (κ2) is 6.04. The monoisotopic (exact) mass is 262 g/mol. The first-order valence-electron chi connectivity index (χ1n) is 7.11. The van der Waals surface area contributed by atoms with Gasteiger partial charge in [0.2, 0.25) is 0 Å². The number of nitrogens with zero attached hydrogens (tertiary/aromatic N) is 2. The molecule has 4 heteroatoms. The van der Waals surface area contributed by atoms with Crippen molar-refractivity contribution in [1.29, 1.82) is 0 Å². The van der Waals surface area contributed by atoms with Gasteiger partial charge < -0.3 is 10.0 Å². The zero-order valence-corrected chi connectivity index (χ0v) is 11.7. The van der Waals surface area contributed by atoms with Crippen LogP contribution >= 0.6 is 0 Å². The number of hydrogen-bond acceptors (Lipinski definition) is 3. The van der Waals surface area contributed by atoms with E-state index in [1.54, 1.807) is 13.0 Å². The van der Waals surface area contributed by atoms with E-state index in [9.17, 15) is 4.79 Å². The second-order valence-electron chi connectivity index (χ2n) is 5.19. The molecule has 1 saturated carbocycles. The Hall–Kier alpha value is -1.58. The molecule has 0 aromatic carbocycles. The molecule has 1 aromatic heterocycles. The average Bonchev–Trinajstić information content (AvgIpc) is 2.40. The summed E-state index contributed by atoms with van der Waals surface area (Å²) in [6.07, 6.45) is 6.34. The number of hydrogen-bond donors (Lipinski definition) is 1. The van der Waals surface area contributed by atoms with Crippen LogP contribution in [0.25, 0.3) is 0 Å². The lowest BCUT2D eigenvalue weighted by atomic mass is 9.94. The van der Waals surface area contributed by atoms with E-state index < -0.39 is 5.97 Å². The molecule has 104 valence electrons. The highest BCUT2D eigenvalue weighted by Crippen LogP contribution is 2.26. The van der Waals surface area contributed by atoms with Crippen LogP contribution in [0.4, 0.5) is 5.82 Å². The van der Waals surface area contributed by atoms with Crippen LogP contribution in [-0.2, 0) is 0 Å². The van der Waals surface area contributed by atoms with Gasteiger partial charge in [0, 0.05) is 12.6 Å². The average molecular weight is 262 g/mol. The fourth-order valence-electron chi connectivity index (χ4n) is 2.93. The zero-order valence-electron chi connectivity index (χ0n) is 11.7. The summed E-state index contributed by atoms with van der Waals surface area (Å²) in [5.74, 6) is 0.00849. The van der Waals surface area contributed by atoms with Gasteiger partial charge in [-0.15, -0.1) is 0 Å². The Bertz CT molecular complexity index is 453. The summed E-state index contributed by atoms with van der Waals surface area (Å²) in [5.41, 5.74) is 0.891. The van der Waals surface area contributed by atoms with Crippen molar-refractivity contribution in [1.82, 2.24) is 4.98 Å². The van der Waals surface area contributed by atoms with Gasteiger partial charge in [0.25, 0.3) is 0 Å². The summed E-state index contributed by atoms with van der Waals surface area (Å²) in [6, 6.07) is 4.07. The maximum Gasteiger partial charge on any atom is 0.337 e. The normalized spacial score (nSPS) is 16.3. The lowest BCUT2D eigenvalue weighted by Crippen LogP contribution is -2.37. The minimum atomic E-state index is -0.905. The van der Waals surface area contributed by atoms with Gasteiger partial charge in [-0.25, -0.2) is 9.78 Å². The number of aryl methyl sites for hydroxylation is 1. The largest absolute Gasteiger partial charge is 0.478 e. The molecule has 0 unspecified atom stereocenters. The van der Waals surface area contributed by atoms with Crippen LogP contribution in [0.1, 0.15) is 55.1 Å². The van der Waals surface area contributed by atoms with Gasteiger partial charge in [-0.2, -0.15) is 0 Å². The van der Waals surface area contributed by atoms with E-state index >= 15 is 0 Å². The maximum absolute atomic E-state index is 11.0. The quantitative estimate of drug-likeness (QED) is 0.905. The molecule has 1 aromatic rings. The van der Waals surface area contributed by atoms with Crippen molar-refractivity contribution in [2.24, 2.45) is 0 Å². The van der Waals surface area contributed by atoms with E-state index in [0.717, 1.165) is 12.4 Å². The number of aromatic carboxylic acids is 1. The molecule has 0 bridgehead atoms. The van der Waals surface area contributed by atoms with Crippen molar-refractivity contribution in [3.05, 3.63) is 23.4 Å². The molecule has 0 saturated heterocycles. The van der Waals surface area contributed by atoms with Crippen molar-refractivity contribution < 1.29 is 9.90 Å². The predicted molar refractivity (Wildman–Crippen MR) is 75.8 cm³/mol. The Labute approximate surface area is 114 Å². The lowest BCUT2D eigenvalue weighted by Gasteiger charge is -2.34. The number of aromatic nitrogens is 1. The van der Waals surface area contributed by atoms with Gasteiger partial charge in [-0.1, -0.05) is 19.3 Å². The van der Waals surface area contributed by atoms with Crippen molar-refractivity contribution in [2.45, 2.75) is 52.0 Å². The summed E-state index contributed by atoms with van der Waals surface area (Å²) >= 11 is 0. The molecule has 1 fully saturated rings. The molecule has 1 aliphatic rings. The van der Waals surface area contributed by atoms with Crippen LogP contribution in [-0.4, -0.2) is 28.6 Å². The molecule has 19 heavy (non-hydrogen) atoms. The molecule has 0 radical (unpaired) electrons. The smallest absolute Gasteiger partial charge is 0.337 e. The lowest BCUT2D eigenvalue weighted by molar-refractivity contribution is 0.0695. The van der Waals surface area contributed by atoms with Crippen molar-refractivity contribution in [3.8, 4) is 0 Å². The Morgan fingerprint density at radius 1 is 1.37 bits per heavy atom. The number of pyridine rings is 1. The molecular weight excluding hydrogens is 240 g/mol. The number of carboxylic acids is 1. The number of carbonyl (C=O) groups is 1. The Morgan fingerprint density at radius 3 is 2.58 bits per heavy atom. The molecule has 4 nitrogen and oxygen atoms in total. The van der Waals surface area contributed by atoms with Gasteiger partial charge in [0.1, 0.15) is 5.82 Å². The fraction of sp³-hybridized carbons (Fsp3) is 0.600. The van der Waals surface area contributed by atoms with Crippen LogP contribution in [0.5, 0.6) is 0 Å². The first-order valence-corrected chi connectivity index (χ1v) is 7.11. The van der Waals surface area contributed by atoms with E-state index in [1.807, 2.05) is 6.07 Å². The molecular formula is C15H22N2O2. The van der Waals surface area contributed by atoms with E-state index in [0.29, 0.717) is 17.3 Å². The third kappa shape index (κ3) is 3.06. The summed E-state index contributed by atoms with van der Waals surface area (Å²) in [5, 5.41) is 9.05. The Kier molecular flexibility index (Phi) is 4.40. The van der Waals surface area contributed by atoms with E-state index in [1.165, 1.54) is 32.1 Å². The molecule has 0 aliphatic heterocycles. The van der Waals surface area contributed by atoms with Crippen molar-refractivity contribution >= 4 is 11.8 Å². The predicted octanol–water partition coefficient (Wildman–Crippen LogP) is 3.25. The van der Waals surface area contributed by atoms with Crippen molar-refractivity contribution in [2.75, 3.05) is 11.4 Å². The van der Waals surface area contributed by atoms with Crippen molar-refractivity contribution in [3.63, 3.8) is 0 Å². The minimum Gasteiger partial charge on any atom is -0.478 e. The molecule has 0 amide bonds. The van der Waals surface area contributed by atoms with Gasteiger partial charge >= 0.3 is 5.97 Å². The molecule has 0 spiro atoms. The molecule has 1 heterocycles. The highest BCUT2D eigenvalue weighted by molar-refractivity contribution is 5.89. The van der Waals surface area contributed by atoms with Crippen LogP contribution in [0.2, 0.25) is 0 Å². The molecule has 2 rings (SSSR count). The minimum absolute atomic E-state index is 0.295. The first-order chi connectivity index (χ1) is 9.13. The standard InChI is InChI=1S/C15H22N2O2/c1-3-17(12-7-5-4-6-8-12)14-10-9-13(15(18)19)11(2)16-14/h9-10,12H,3-8H2,1-2H3,(H,18,19). The Morgan fingerprint density at radius 2 is 2.05 bits per heavy atom. The highest BCUT2D eigenvalue weighted by Gasteiger charge is 2.21. The SMILES string of the molecule is CCN(c1ccc(C(=O)O)c(C)n1)C1CCCCC1. The van der Waals surface area contributed by atoms with Gasteiger partial charge in [0.15, 0.2) is 0 Å². The molecule has 1 N–H and O–H groups in total. The summed E-state index contributed by atoms with van der Waals surface area (Å²) in [6.45, 7) is 4.82. The van der Waals surface area contributed by atoms with Gasteiger partial charge in [0.05, 0.1) is 11.3 Å². The van der Waals surface area contributed by atoms with Crippen LogP contribution < -0.4 is 4.90 Å². The van der Waals surface area contributed by atoms with Crippen LogP contribution in [0, 0.1) is 6.92 Å². The number of anilines is 1. The summed E-state index contributed by atoms with van der Waals surface area (Å²) in [4.78, 5) is 17.8. The van der Waals surface area contributed by atoms with Crippen LogP contribution in [0.3, 0.4) is 0 Å². The third-order valence-electron chi connectivity index (χ3n) is 3.95. The van der Waals surface area contributed by atoms with E-state index in [-0.39, 0.29) is 0 Å². The maximum atomic E-state index is 11.0. The van der Waals surface area contributed by atoms with E-state index in [2.05, 4.69) is 16.8 Å². The third-order valence-corrected chi connectivity index (χ3v) is 3.95. The molecule has 0 atom stereocenters. The summed E-state index contributed by atoms with van der Waals surface area (Å²) in [7, 11) is 0. The fourth-order valence-corrected chi connectivity index (χ4v) is 2.93. The summed E-state index contributed by atoms with van der Waals surface area (Å²) < 4.78 is 0. The van der Waals surface area contributed by atoms with Crippen LogP contribution in [0.15, 0.2) is 12.1 Å². The second-order valence-corrected chi connectivity index (χ2v) is 5.19. The van der Waals surface area contributed by atoms with Gasteiger partial charge in [-0.05, 0) is 38.8 Å². The Balaban J connectivity index is 2.23. The molecule has 1 aliphatic carbocycles. The first kappa shape index (κ1) is 13.8.